The number of aromatic amines is 1. The van der Waals surface area contributed by atoms with E-state index in [1.807, 2.05) is 54.6 Å². The van der Waals surface area contributed by atoms with E-state index in [4.69, 9.17) is 26.1 Å². The summed E-state index contributed by atoms with van der Waals surface area (Å²) in [5, 5.41) is 5.54. The SMILES string of the molecule is COc1ccc(-c2nc(C(=O)NCc3ccc(Cl)cc3)cc3c2[nH]c2ccccc23)c(OC)c1. The van der Waals surface area contributed by atoms with Gasteiger partial charge in [-0.1, -0.05) is 41.9 Å². The Morgan fingerprint density at radius 3 is 2.53 bits per heavy atom. The van der Waals surface area contributed by atoms with Gasteiger partial charge in [-0.2, -0.15) is 0 Å². The van der Waals surface area contributed by atoms with Crippen molar-refractivity contribution >= 4 is 39.3 Å². The van der Waals surface area contributed by atoms with Crippen molar-refractivity contribution in [1.29, 1.82) is 0 Å². The zero-order valence-electron chi connectivity index (χ0n) is 18.7. The smallest absolute Gasteiger partial charge is 0.270 e. The number of amides is 1. The van der Waals surface area contributed by atoms with Crippen LogP contribution in [-0.4, -0.2) is 30.1 Å². The number of hydrogen-bond donors (Lipinski definition) is 2. The fraction of sp³-hybridized carbons (Fsp3) is 0.111. The van der Waals surface area contributed by atoms with Gasteiger partial charge in [-0.15, -0.1) is 0 Å². The van der Waals surface area contributed by atoms with Crippen LogP contribution in [0.5, 0.6) is 11.5 Å². The molecule has 170 valence electrons. The number of H-pyrrole nitrogens is 1. The molecule has 0 fully saturated rings. The van der Waals surface area contributed by atoms with E-state index < -0.39 is 0 Å². The summed E-state index contributed by atoms with van der Waals surface area (Å²) in [6.07, 6.45) is 0. The molecule has 1 amide bonds. The normalized spacial score (nSPS) is 11.0. The average Bonchev–Trinajstić information content (AvgIpc) is 3.26. The largest absolute Gasteiger partial charge is 0.497 e. The van der Waals surface area contributed by atoms with Crippen LogP contribution in [0.25, 0.3) is 33.1 Å². The molecule has 2 heterocycles. The van der Waals surface area contributed by atoms with Crippen molar-refractivity contribution in [2.45, 2.75) is 6.54 Å². The lowest BCUT2D eigenvalue weighted by atomic mass is 10.0. The molecule has 7 heteroatoms. The molecular formula is C27H22ClN3O3. The first kappa shape index (κ1) is 21.8. The second-order valence-corrected chi connectivity index (χ2v) is 8.26. The summed E-state index contributed by atoms with van der Waals surface area (Å²) < 4.78 is 11.0. The molecule has 2 aromatic heterocycles. The minimum atomic E-state index is -0.268. The van der Waals surface area contributed by atoms with E-state index in [0.717, 1.165) is 32.9 Å². The Hall–Kier alpha value is -4.03. The quantitative estimate of drug-likeness (QED) is 0.319. The minimum Gasteiger partial charge on any atom is -0.497 e. The summed E-state index contributed by atoms with van der Waals surface area (Å²) >= 11 is 5.96. The van der Waals surface area contributed by atoms with Gasteiger partial charge in [-0.25, -0.2) is 4.98 Å². The van der Waals surface area contributed by atoms with Crippen molar-refractivity contribution in [2.24, 2.45) is 0 Å². The lowest BCUT2D eigenvalue weighted by Crippen LogP contribution is -2.24. The molecule has 34 heavy (non-hydrogen) atoms. The van der Waals surface area contributed by atoms with Gasteiger partial charge < -0.3 is 19.8 Å². The van der Waals surface area contributed by atoms with Crippen LogP contribution in [-0.2, 0) is 6.54 Å². The number of nitrogens with one attached hydrogen (secondary N) is 2. The standard InChI is InChI=1S/C27H22ClN3O3/c1-33-18-11-12-20(24(13-18)34-2)25-26-21(19-5-3-4-6-22(19)30-26)14-23(31-25)27(32)29-15-16-7-9-17(28)10-8-16/h3-14,30H,15H2,1-2H3,(H,29,32). The van der Waals surface area contributed by atoms with Gasteiger partial charge in [0.15, 0.2) is 0 Å². The zero-order valence-corrected chi connectivity index (χ0v) is 19.4. The number of pyridine rings is 1. The van der Waals surface area contributed by atoms with Crippen molar-refractivity contribution in [3.8, 4) is 22.8 Å². The number of halogens is 1. The molecule has 3 aromatic carbocycles. The van der Waals surface area contributed by atoms with Crippen molar-refractivity contribution in [2.75, 3.05) is 14.2 Å². The number of methoxy groups -OCH3 is 2. The maximum atomic E-state index is 13.2. The fourth-order valence-electron chi connectivity index (χ4n) is 4.03. The lowest BCUT2D eigenvalue weighted by Gasteiger charge is -2.12. The molecule has 0 aliphatic carbocycles. The first-order valence-corrected chi connectivity index (χ1v) is 11.1. The molecule has 6 nitrogen and oxygen atoms in total. The van der Waals surface area contributed by atoms with Gasteiger partial charge in [-0.05, 0) is 42.0 Å². The number of benzene rings is 3. The van der Waals surface area contributed by atoms with Gasteiger partial charge in [0.05, 0.1) is 25.4 Å². The highest BCUT2D eigenvalue weighted by Gasteiger charge is 2.19. The van der Waals surface area contributed by atoms with Gasteiger partial charge in [-0.3, -0.25) is 4.79 Å². The third-order valence-corrected chi connectivity index (χ3v) is 6.01. The third-order valence-electron chi connectivity index (χ3n) is 5.76. The van der Waals surface area contributed by atoms with E-state index in [1.54, 1.807) is 32.4 Å². The average molecular weight is 472 g/mol. The molecule has 0 bridgehead atoms. The van der Waals surface area contributed by atoms with E-state index in [2.05, 4.69) is 10.3 Å². The fourth-order valence-corrected chi connectivity index (χ4v) is 4.15. The van der Waals surface area contributed by atoms with Gasteiger partial charge in [0.2, 0.25) is 0 Å². The molecule has 0 spiro atoms. The number of ether oxygens (including phenoxy) is 2. The topological polar surface area (TPSA) is 76.2 Å². The molecular weight excluding hydrogens is 450 g/mol. The second kappa shape index (κ2) is 9.08. The summed E-state index contributed by atoms with van der Waals surface area (Å²) in [5.41, 5.74) is 4.45. The van der Waals surface area contributed by atoms with Crippen LogP contribution in [0.15, 0.2) is 72.8 Å². The van der Waals surface area contributed by atoms with E-state index >= 15 is 0 Å². The highest BCUT2D eigenvalue weighted by atomic mass is 35.5. The Balaban J connectivity index is 1.63. The first-order chi connectivity index (χ1) is 16.6. The van der Waals surface area contributed by atoms with Crippen LogP contribution in [0.4, 0.5) is 0 Å². The summed E-state index contributed by atoms with van der Waals surface area (Å²) in [4.78, 5) is 21.4. The van der Waals surface area contributed by atoms with Crippen molar-refractivity contribution in [3.05, 3.63) is 89.1 Å². The molecule has 0 radical (unpaired) electrons. The summed E-state index contributed by atoms with van der Waals surface area (Å²) in [7, 11) is 3.21. The van der Waals surface area contributed by atoms with Crippen LogP contribution in [0, 0.1) is 0 Å². The number of para-hydroxylation sites is 1. The number of rotatable bonds is 6. The van der Waals surface area contributed by atoms with Gasteiger partial charge >= 0.3 is 0 Å². The van der Waals surface area contributed by atoms with E-state index in [-0.39, 0.29) is 5.91 Å². The Morgan fingerprint density at radius 2 is 1.76 bits per heavy atom. The maximum Gasteiger partial charge on any atom is 0.270 e. The Labute approximate surface area is 201 Å². The molecule has 0 aliphatic rings. The van der Waals surface area contributed by atoms with Crippen LogP contribution in [0.1, 0.15) is 16.1 Å². The molecule has 5 aromatic rings. The summed E-state index contributed by atoms with van der Waals surface area (Å²) in [6.45, 7) is 0.366. The zero-order chi connectivity index (χ0) is 23.7. The third kappa shape index (κ3) is 4.04. The van der Waals surface area contributed by atoms with E-state index in [0.29, 0.717) is 34.5 Å². The van der Waals surface area contributed by atoms with Crippen LogP contribution in [0.2, 0.25) is 5.02 Å². The van der Waals surface area contributed by atoms with Gasteiger partial charge in [0, 0.05) is 39.5 Å². The predicted octanol–water partition coefficient (Wildman–Crippen LogP) is 5.98. The Morgan fingerprint density at radius 1 is 0.971 bits per heavy atom. The molecule has 2 N–H and O–H groups in total. The Bertz CT molecular complexity index is 1510. The van der Waals surface area contributed by atoms with Gasteiger partial charge in [0.25, 0.3) is 5.91 Å². The van der Waals surface area contributed by atoms with E-state index in [9.17, 15) is 4.79 Å². The molecule has 0 atom stereocenters. The van der Waals surface area contributed by atoms with Crippen molar-refractivity contribution in [3.63, 3.8) is 0 Å². The molecule has 0 unspecified atom stereocenters. The predicted molar refractivity (Wildman–Crippen MR) is 135 cm³/mol. The van der Waals surface area contributed by atoms with Gasteiger partial charge in [0.1, 0.15) is 17.2 Å². The summed E-state index contributed by atoms with van der Waals surface area (Å²) in [5.74, 6) is 1.01. The van der Waals surface area contributed by atoms with Crippen LogP contribution in [0.3, 0.4) is 0 Å². The van der Waals surface area contributed by atoms with Crippen LogP contribution < -0.4 is 14.8 Å². The number of fused-ring (bicyclic) bond motifs is 3. The lowest BCUT2D eigenvalue weighted by molar-refractivity contribution is 0.0946. The second-order valence-electron chi connectivity index (χ2n) is 7.82. The van der Waals surface area contributed by atoms with E-state index in [1.165, 1.54) is 0 Å². The number of carbonyl (C=O) groups excluding carboxylic acids is 1. The maximum absolute atomic E-state index is 13.2. The number of nitrogens with zero attached hydrogens (tertiary/aromatic N) is 1. The minimum absolute atomic E-state index is 0.268. The van der Waals surface area contributed by atoms with Crippen molar-refractivity contribution < 1.29 is 14.3 Å². The Kier molecular flexibility index (Phi) is 5.82. The van der Waals surface area contributed by atoms with Crippen molar-refractivity contribution in [1.82, 2.24) is 15.3 Å². The number of carbonyl (C=O) groups is 1. The molecule has 0 aliphatic heterocycles. The highest BCUT2D eigenvalue weighted by Crippen LogP contribution is 2.38. The molecule has 0 saturated carbocycles. The molecule has 5 rings (SSSR count). The highest BCUT2D eigenvalue weighted by molar-refractivity contribution is 6.30. The number of hydrogen-bond acceptors (Lipinski definition) is 4. The number of aromatic nitrogens is 2. The monoisotopic (exact) mass is 471 g/mol. The first-order valence-electron chi connectivity index (χ1n) is 10.7. The summed E-state index contributed by atoms with van der Waals surface area (Å²) in [6, 6.07) is 22.7. The molecule has 0 saturated heterocycles. The van der Waals surface area contributed by atoms with Crippen LogP contribution >= 0.6 is 11.6 Å².